The number of rotatable bonds is 9. The Labute approximate surface area is 103 Å². The van der Waals surface area contributed by atoms with Crippen molar-refractivity contribution < 1.29 is 14.3 Å². The molecule has 0 aromatic heterocycles. The van der Waals surface area contributed by atoms with Crippen LogP contribution in [0.5, 0.6) is 0 Å². The number of nitrogens with zero attached hydrogens (tertiary/aromatic N) is 1. The predicted octanol–water partition coefficient (Wildman–Crippen LogP) is -0.793. The molecule has 0 radical (unpaired) electrons. The van der Waals surface area contributed by atoms with Gasteiger partial charge >= 0.3 is 0 Å². The lowest BCUT2D eigenvalue weighted by atomic mass is 10.3. The van der Waals surface area contributed by atoms with Gasteiger partial charge in [0.05, 0.1) is 6.54 Å². The van der Waals surface area contributed by atoms with E-state index in [1.165, 1.54) is 4.90 Å². The topological polar surface area (TPSA) is 70.7 Å². The van der Waals surface area contributed by atoms with E-state index in [1.54, 1.807) is 21.2 Å². The SMILES string of the molecule is COCCCNC(=O)CNCCC(=O)N(C)C. The summed E-state index contributed by atoms with van der Waals surface area (Å²) < 4.78 is 4.86. The maximum absolute atomic E-state index is 11.3. The zero-order chi connectivity index (χ0) is 13.1. The van der Waals surface area contributed by atoms with Crippen LogP contribution in [0.1, 0.15) is 12.8 Å². The van der Waals surface area contributed by atoms with Crippen LogP contribution in [0.15, 0.2) is 0 Å². The van der Waals surface area contributed by atoms with Gasteiger partial charge in [-0.25, -0.2) is 0 Å². The molecular weight excluding hydrogens is 222 g/mol. The molecule has 2 N–H and O–H groups in total. The molecule has 0 aromatic carbocycles. The number of carbonyl (C=O) groups is 2. The van der Waals surface area contributed by atoms with Crippen LogP contribution in [0.2, 0.25) is 0 Å². The van der Waals surface area contributed by atoms with Gasteiger partial charge in [0, 0.05) is 47.3 Å². The van der Waals surface area contributed by atoms with Crippen LogP contribution in [0.4, 0.5) is 0 Å². The minimum atomic E-state index is -0.0570. The third kappa shape index (κ3) is 9.77. The fourth-order valence-corrected chi connectivity index (χ4v) is 1.13. The highest BCUT2D eigenvalue weighted by molar-refractivity contribution is 5.78. The molecule has 0 aliphatic heterocycles. The largest absolute Gasteiger partial charge is 0.385 e. The highest BCUT2D eigenvalue weighted by Gasteiger charge is 2.04. The van der Waals surface area contributed by atoms with E-state index in [9.17, 15) is 9.59 Å². The Hall–Kier alpha value is -1.14. The number of hydrogen-bond acceptors (Lipinski definition) is 4. The molecule has 6 nitrogen and oxygen atoms in total. The monoisotopic (exact) mass is 245 g/mol. The number of nitrogens with one attached hydrogen (secondary N) is 2. The lowest BCUT2D eigenvalue weighted by molar-refractivity contribution is -0.128. The lowest BCUT2D eigenvalue weighted by Gasteiger charge is -2.10. The molecule has 0 fully saturated rings. The van der Waals surface area contributed by atoms with E-state index >= 15 is 0 Å². The Morgan fingerprint density at radius 2 is 1.94 bits per heavy atom. The van der Waals surface area contributed by atoms with Crippen LogP contribution in [-0.2, 0) is 14.3 Å². The second kappa shape index (κ2) is 10.0. The molecule has 0 atom stereocenters. The van der Waals surface area contributed by atoms with Crippen molar-refractivity contribution in [2.45, 2.75) is 12.8 Å². The predicted molar refractivity (Wildman–Crippen MR) is 65.7 cm³/mol. The number of amides is 2. The number of hydrogen-bond donors (Lipinski definition) is 2. The van der Waals surface area contributed by atoms with Crippen molar-refractivity contribution in [2.24, 2.45) is 0 Å². The summed E-state index contributed by atoms with van der Waals surface area (Å²) in [6.07, 6.45) is 1.21. The Morgan fingerprint density at radius 1 is 1.24 bits per heavy atom. The Bertz CT molecular complexity index is 232. The molecule has 0 saturated carbocycles. The molecule has 0 unspecified atom stereocenters. The second-order valence-electron chi connectivity index (χ2n) is 3.91. The normalized spacial score (nSPS) is 10.1. The quantitative estimate of drug-likeness (QED) is 0.522. The van der Waals surface area contributed by atoms with E-state index in [4.69, 9.17) is 4.74 Å². The average Bonchev–Trinajstić information content (AvgIpc) is 2.29. The van der Waals surface area contributed by atoms with Gasteiger partial charge in [0.25, 0.3) is 0 Å². The van der Waals surface area contributed by atoms with Gasteiger partial charge in [0.2, 0.25) is 11.8 Å². The summed E-state index contributed by atoms with van der Waals surface area (Å²) >= 11 is 0. The standard InChI is InChI=1S/C11H23N3O3/c1-14(2)11(16)5-7-12-9-10(15)13-6-4-8-17-3/h12H,4-9H2,1-3H3,(H,13,15). The fourth-order valence-electron chi connectivity index (χ4n) is 1.13. The van der Waals surface area contributed by atoms with E-state index < -0.39 is 0 Å². The minimum Gasteiger partial charge on any atom is -0.385 e. The van der Waals surface area contributed by atoms with Crippen molar-refractivity contribution in [3.05, 3.63) is 0 Å². The molecule has 100 valence electrons. The summed E-state index contributed by atoms with van der Waals surface area (Å²) in [6.45, 7) is 2.02. The van der Waals surface area contributed by atoms with Crippen LogP contribution in [0, 0.1) is 0 Å². The van der Waals surface area contributed by atoms with Crippen LogP contribution < -0.4 is 10.6 Å². The summed E-state index contributed by atoms with van der Waals surface area (Å²) in [4.78, 5) is 24.0. The van der Waals surface area contributed by atoms with E-state index in [2.05, 4.69) is 10.6 Å². The summed E-state index contributed by atoms with van der Waals surface area (Å²) in [5.41, 5.74) is 0. The van der Waals surface area contributed by atoms with E-state index in [-0.39, 0.29) is 18.4 Å². The molecule has 0 spiro atoms. The smallest absolute Gasteiger partial charge is 0.233 e. The van der Waals surface area contributed by atoms with E-state index in [0.717, 1.165) is 6.42 Å². The van der Waals surface area contributed by atoms with Crippen molar-refractivity contribution in [1.29, 1.82) is 0 Å². The van der Waals surface area contributed by atoms with Crippen LogP contribution in [0.25, 0.3) is 0 Å². The van der Waals surface area contributed by atoms with Crippen molar-refractivity contribution in [2.75, 3.05) is 47.4 Å². The van der Waals surface area contributed by atoms with Crippen molar-refractivity contribution >= 4 is 11.8 Å². The maximum atomic E-state index is 11.3. The first-order valence-corrected chi connectivity index (χ1v) is 5.74. The van der Waals surface area contributed by atoms with Crippen LogP contribution in [0.3, 0.4) is 0 Å². The molecule has 0 heterocycles. The van der Waals surface area contributed by atoms with E-state index in [0.29, 0.717) is 26.1 Å². The number of ether oxygens (including phenoxy) is 1. The first-order chi connectivity index (χ1) is 8.07. The third-order valence-electron chi connectivity index (χ3n) is 2.15. The molecule has 0 bridgehead atoms. The summed E-state index contributed by atoms with van der Waals surface area (Å²) in [5.74, 6) is -0.00333. The second-order valence-corrected chi connectivity index (χ2v) is 3.91. The molecule has 0 rings (SSSR count). The third-order valence-corrected chi connectivity index (χ3v) is 2.15. The average molecular weight is 245 g/mol. The van der Waals surface area contributed by atoms with Gasteiger partial charge < -0.3 is 20.3 Å². The van der Waals surface area contributed by atoms with Gasteiger partial charge in [-0.2, -0.15) is 0 Å². The minimum absolute atomic E-state index is 0.0537. The number of carbonyl (C=O) groups excluding carboxylic acids is 2. The van der Waals surface area contributed by atoms with Crippen LogP contribution >= 0.6 is 0 Å². The first-order valence-electron chi connectivity index (χ1n) is 5.74. The fraction of sp³-hybridized carbons (Fsp3) is 0.818. The van der Waals surface area contributed by atoms with Crippen molar-refractivity contribution in [1.82, 2.24) is 15.5 Å². The Morgan fingerprint density at radius 3 is 2.53 bits per heavy atom. The molecule has 0 saturated heterocycles. The van der Waals surface area contributed by atoms with Gasteiger partial charge in [0.1, 0.15) is 0 Å². The van der Waals surface area contributed by atoms with Gasteiger partial charge in [0.15, 0.2) is 0 Å². The number of methoxy groups -OCH3 is 1. The molecule has 0 aromatic rings. The lowest BCUT2D eigenvalue weighted by Crippen LogP contribution is -2.36. The highest BCUT2D eigenvalue weighted by atomic mass is 16.5. The molecule has 2 amide bonds. The van der Waals surface area contributed by atoms with Crippen molar-refractivity contribution in [3.8, 4) is 0 Å². The zero-order valence-corrected chi connectivity index (χ0v) is 10.9. The maximum Gasteiger partial charge on any atom is 0.233 e. The van der Waals surface area contributed by atoms with Gasteiger partial charge in [-0.05, 0) is 6.42 Å². The molecular formula is C11H23N3O3. The summed E-state index contributed by atoms with van der Waals surface area (Å²) in [5, 5.41) is 5.67. The molecule has 0 aliphatic carbocycles. The zero-order valence-electron chi connectivity index (χ0n) is 10.9. The first kappa shape index (κ1) is 15.9. The highest BCUT2D eigenvalue weighted by Crippen LogP contribution is 1.84. The Balaban J connectivity index is 3.36. The summed E-state index contributed by atoms with van der Waals surface area (Å²) in [6, 6.07) is 0. The molecule has 17 heavy (non-hydrogen) atoms. The van der Waals surface area contributed by atoms with Crippen LogP contribution in [-0.4, -0.2) is 64.2 Å². The van der Waals surface area contributed by atoms with E-state index in [1.807, 2.05) is 0 Å². The molecule has 6 heteroatoms. The Kier molecular flexibility index (Phi) is 9.37. The van der Waals surface area contributed by atoms with Crippen molar-refractivity contribution in [3.63, 3.8) is 0 Å². The van der Waals surface area contributed by atoms with Gasteiger partial charge in [-0.15, -0.1) is 0 Å². The van der Waals surface area contributed by atoms with Gasteiger partial charge in [-0.1, -0.05) is 0 Å². The summed E-state index contributed by atoms with van der Waals surface area (Å²) in [7, 11) is 5.06. The molecule has 0 aliphatic rings. The van der Waals surface area contributed by atoms with Gasteiger partial charge in [-0.3, -0.25) is 9.59 Å².